The summed E-state index contributed by atoms with van der Waals surface area (Å²) in [6, 6.07) is -0.169. The minimum atomic E-state index is -0.499. The van der Waals surface area contributed by atoms with Crippen LogP contribution in [0.4, 0.5) is 0 Å². The van der Waals surface area contributed by atoms with Gasteiger partial charge in [0.25, 0.3) is 0 Å². The van der Waals surface area contributed by atoms with E-state index in [9.17, 15) is 9.59 Å². The molecule has 0 bridgehead atoms. The van der Waals surface area contributed by atoms with E-state index in [4.69, 9.17) is 10.5 Å². The second kappa shape index (κ2) is 9.77. The summed E-state index contributed by atoms with van der Waals surface area (Å²) in [6.07, 6.45) is 3.23. The van der Waals surface area contributed by atoms with Gasteiger partial charge in [0.2, 0.25) is 5.91 Å². The number of hydrogen-bond acceptors (Lipinski definition) is 4. The van der Waals surface area contributed by atoms with Crippen LogP contribution in [0.2, 0.25) is 0 Å². The maximum Gasteiger partial charge on any atom is 0.308 e. The fourth-order valence-electron chi connectivity index (χ4n) is 2.00. The molecule has 0 aliphatic rings. The highest BCUT2D eigenvalue weighted by molar-refractivity contribution is 5.78. The lowest BCUT2D eigenvalue weighted by molar-refractivity contribution is -0.155. The predicted molar refractivity (Wildman–Crippen MR) is 84.8 cm³/mol. The van der Waals surface area contributed by atoms with Gasteiger partial charge in [0.15, 0.2) is 0 Å². The van der Waals surface area contributed by atoms with Crippen LogP contribution in [-0.2, 0) is 14.3 Å². The molecule has 3 N–H and O–H groups in total. The molecule has 0 spiro atoms. The molecule has 0 saturated carbocycles. The fourth-order valence-corrected chi connectivity index (χ4v) is 2.00. The van der Waals surface area contributed by atoms with E-state index in [0.29, 0.717) is 18.9 Å². The number of hydrogen-bond donors (Lipinski definition) is 2. The molecule has 0 saturated heterocycles. The molecule has 21 heavy (non-hydrogen) atoms. The lowest BCUT2D eigenvalue weighted by Gasteiger charge is -2.23. The molecular weight excluding hydrogens is 268 g/mol. The molecular formula is C16H32N2O3. The van der Waals surface area contributed by atoms with Crippen LogP contribution < -0.4 is 11.1 Å². The Hall–Kier alpha value is -1.10. The Morgan fingerprint density at radius 3 is 2.24 bits per heavy atom. The van der Waals surface area contributed by atoms with E-state index in [1.807, 2.05) is 34.6 Å². The molecule has 0 rings (SSSR count). The van der Waals surface area contributed by atoms with Crippen LogP contribution in [0.25, 0.3) is 0 Å². The van der Waals surface area contributed by atoms with Crippen molar-refractivity contribution in [2.24, 2.45) is 11.7 Å². The Labute approximate surface area is 129 Å². The number of nitrogens with one attached hydrogen (secondary N) is 1. The van der Waals surface area contributed by atoms with Gasteiger partial charge in [-0.1, -0.05) is 20.3 Å². The molecule has 0 aliphatic carbocycles. The van der Waals surface area contributed by atoms with Crippen molar-refractivity contribution >= 4 is 11.9 Å². The Bertz CT molecular complexity index is 322. The molecule has 0 radical (unpaired) electrons. The fraction of sp³-hybridized carbons (Fsp3) is 0.875. The van der Waals surface area contributed by atoms with Crippen molar-refractivity contribution in [3.63, 3.8) is 0 Å². The van der Waals surface area contributed by atoms with Crippen molar-refractivity contribution < 1.29 is 14.3 Å². The highest BCUT2D eigenvalue weighted by atomic mass is 16.6. The van der Waals surface area contributed by atoms with Crippen molar-refractivity contribution in [1.82, 2.24) is 5.32 Å². The molecule has 0 aromatic carbocycles. The molecule has 1 atom stereocenters. The van der Waals surface area contributed by atoms with Gasteiger partial charge in [0, 0.05) is 12.5 Å². The van der Waals surface area contributed by atoms with Crippen LogP contribution in [0.3, 0.4) is 0 Å². The minimum Gasteiger partial charge on any atom is -0.460 e. The number of amides is 1. The molecule has 0 aliphatic heterocycles. The molecule has 0 fully saturated rings. The zero-order valence-corrected chi connectivity index (χ0v) is 14.2. The number of carbonyl (C=O) groups excluding carboxylic acids is 2. The van der Waals surface area contributed by atoms with Crippen LogP contribution >= 0.6 is 0 Å². The summed E-state index contributed by atoms with van der Waals surface area (Å²) in [4.78, 5) is 23.8. The van der Waals surface area contributed by atoms with Crippen molar-refractivity contribution in [3.05, 3.63) is 0 Å². The molecule has 0 heterocycles. The van der Waals surface area contributed by atoms with Gasteiger partial charge in [0.1, 0.15) is 5.60 Å². The SMILES string of the molecule is CC(C)CC(=O)N[C@@H](CCCCN)CC(=O)OC(C)(C)C. The zero-order chi connectivity index (χ0) is 16.5. The second-order valence-corrected chi connectivity index (χ2v) is 6.94. The van der Waals surface area contributed by atoms with Gasteiger partial charge < -0.3 is 15.8 Å². The van der Waals surface area contributed by atoms with Gasteiger partial charge in [-0.15, -0.1) is 0 Å². The first-order valence-electron chi connectivity index (χ1n) is 7.85. The first-order chi connectivity index (χ1) is 9.64. The number of rotatable bonds is 9. The van der Waals surface area contributed by atoms with Gasteiger partial charge in [-0.3, -0.25) is 9.59 Å². The third kappa shape index (κ3) is 12.4. The van der Waals surface area contributed by atoms with E-state index < -0.39 is 5.60 Å². The Kier molecular flexibility index (Phi) is 9.26. The van der Waals surface area contributed by atoms with E-state index >= 15 is 0 Å². The van der Waals surface area contributed by atoms with Gasteiger partial charge >= 0.3 is 5.97 Å². The van der Waals surface area contributed by atoms with Crippen molar-refractivity contribution in [1.29, 1.82) is 0 Å². The first-order valence-corrected chi connectivity index (χ1v) is 7.85. The highest BCUT2D eigenvalue weighted by Crippen LogP contribution is 2.12. The molecule has 1 amide bonds. The maximum atomic E-state index is 11.9. The Balaban J connectivity index is 4.43. The van der Waals surface area contributed by atoms with Gasteiger partial charge in [-0.25, -0.2) is 0 Å². The molecule has 0 aromatic rings. The normalized spacial score (nSPS) is 13.1. The lowest BCUT2D eigenvalue weighted by atomic mass is 10.0. The predicted octanol–water partition coefficient (Wildman–Crippen LogP) is 2.38. The smallest absolute Gasteiger partial charge is 0.308 e. The second-order valence-electron chi connectivity index (χ2n) is 6.94. The van der Waals surface area contributed by atoms with Gasteiger partial charge in [0.05, 0.1) is 6.42 Å². The van der Waals surface area contributed by atoms with Crippen molar-refractivity contribution in [3.8, 4) is 0 Å². The van der Waals surface area contributed by atoms with Gasteiger partial charge in [-0.05, 0) is 46.1 Å². The monoisotopic (exact) mass is 300 g/mol. The third-order valence-electron chi connectivity index (χ3n) is 2.80. The van der Waals surface area contributed by atoms with Crippen LogP contribution in [-0.4, -0.2) is 30.1 Å². The minimum absolute atomic E-state index is 0.00805. The summed E-state index contributed by atoms with van der Waals surface area (Å²) < 4.78 is 5.32. The first kappa shape index (κ1) is 19.9. The molecule has 0 aromatic heterocycles. The number of carbonyl (C=O) groups is 2. The third-order valence-corrected chi connectivity index (χ3v) is 2.80. The average molecular weight is 300 g/mol. The molecule has 0 unspecified atom stereocenters. The number of esters is 1. The lowest BCUT2D eigenvalue weighted by Crippen LogP contribution is -2.38. The van der Waals surface area contributed by atoms with E-state index in [1.165, 1.54) is 0 Å². The van der Waals surface area contributed by atoms with E-state index in [1.54, 1.807) is 0 Å². The Morgan fingerprint density at radius 1 is 1.14 bits per heavy atom. The summed E-state index contributed by atoms with van der Waals surface area (Å²) in [6.45, 7) is 10.1. The van der Waals surface area contributed by atoms with E-state index in [-0.39, 0.29) is 24.3 Å². The zero-order valence-electron chi connectivity index (χ0n) is 14.2. The summed E-state index contributed by atoms with van der Waals surface area (Å²) in [5.74, 6) is 0.0209. The van der Waals surface area contributed by atoms with Crippen LogP contribution in [0.5, 0.6) is 0 Å². The highest BCUT2D eigenvalue weighted by Gasteiger charge is 2.21. The summed E-state index contributed by atoms with van der Waals surface area (Å²) in [7, 11) is 0. The topological polar surface area (TPSA) is 81.4 Å². The summed E-state index contributed by atoms with van der Waals surface area (Å²) in [5, 5.41) is 2.94. The average Bonchev–Trinajstić information content (AvgIpc) is 2.24. The molecule has 5 nitrogen and oxygen atoms in total. The molecule has 124 valence electrons. The van der Waals surface area contributed by atoms with Gasteiger partial charge in [-0.2, -0.15) is 0 Å². The number of ether oxygens (including phenoxy) is 1. The Morgan fingerprint density at radius 2 is 1.76 bits per heavy atom. The number of nitrogens with two attached hydrogens (primary N) is 1. The van der Waals surface area contributed by atoms with Crippen LogP contribution in [0.1, 0.15) is 66.7 Å². The largest absolute Gasteiger partial charge is 0.460 e. The summed E-state index contributed by atoms with van der Waals surface area (Å²) in [5.41, 5.74) is 4.99. The molecule has 5 heteroatoms. The van der Waals surface area contributed by atoms with E-state index in [0.717, 1.165) is 19.3 Å². The van der Waals surface area contributed by atoms with Crippen LogP contribution in [0.15, 0.2) is 0 Å². The maximum absolute atomic E-state index is 11.9. The van der Waals surface area contributed by atoms with Crippen LogP contribution in [0, 0.1) is 5.92 Å². The van der Waals surface area contributed by atoms with Crippen molar-refractivity contribution in [2.45, 2.75) is 78.4 Å². The van der Waals surface area contributed by atoms with Crippen molar-refractivity contribution in [2.75, 3.05) is 6.54 Å². The summed E-state index contributed by atoms with van der Waals surface area (Å²) >= 11 is 0. The standard InChI is InChI=1S/C16H32N2O3/c1-12(2)10-14(19)18-13(8-6-7-9-17)11-15(20)21-16(3,4)5/h12-13H,6-11,17H2,1-5H3,(H,18,19)/t13-/m0/s1. The quantitative estimate of drug-likeness (QED) is 0.506. The number of unbranched alkanes of at least 4 members (excludes halogenated alkanes) is 1. The van der Waals surface area contributed by atoms with E-state index in [2.05, 4.69) is 5.32 Å².